The average Bonchev–Trinajstić information content (AvgIpc) is 2.56. The van der Waals surface area contributed by atoms with E-state index in [0.717, 1.165) is 11.6 Å². The second kappa shape index (κ2) is 5.78. The quantitative estimate of drug-likeness (QED) is 0.536. The van der Waals surface area contributed by atoms with Crippen LogP contribution in [0.2, 0.25) is 0 Å². The zero-order chi connectivity index (χ0) is 16.4. The van der Waals surface area contributed by atoms with Gasteiger partial charge in [-0.05, 0) is 42.8 Å². The topological polar surface area (TPSA) is 80.3 Å². The molecule has 0 spiro atoms. The highest BCUT2D eigenvalue weighted by molar-refractivity contribution is 5.90. The van der Waals surface area contributed by atoms with Gasteiger partial charge in [0, 0.05) is 6.07 Å². The molecule has 3 rings (SSSR count). The molecule has 0 unspecified atom stereocenters. The number of carbonyl (C=O) groups excluding carboxylic acids is 1. The zero-order valence-electron chi connectivity index (χ0n) is 12.2. The van der Waals surface area contributed by atoms with Crippen LogP contribution in [0, 0.1) is 18.3 Å². The highest BCUT2D eigenvalue weighted by atomic mass is 16.5. The van der Waals surface area contributed by atoms with Crippen LogP contribution in [-0.2, 0) is 0 Å². The third-order valence-corrected chi connectivity index (χ3v) is 3.35. The lowest BCUT2D eigenvalue weighted by Gasteiger charge is -2.05. The standard InChI is InChI=1S/C18H11NO4/c1-11-3-2-4-14-15(20)9-16(23-17(11)14)18(21)22-13-7-5-12(10-19)6-8-13/h2-9H,1H3. The predicted octanol–water partition coefficient (Wildman–Crippen LogP) is 3.19. The number of esters is 1. The van der Waals surface area contributed by atoms with E-state index in [2.05, 4.69) is 0 Å². The van der Waals surface area contributed by atoms with Gasteiger partial charge in [0.2, 0.25) is 5.76 Å². The van der Waals surface area contributed by atoms with E-state index in [1.165, 1.54) is 24.3 Å². The maximum atomic E-state index is 12.2. The second-order valence-electron chi connectivity index (χ2n) is 4.95. The van der Waals surface area contributed by atoms with Crippen LogP contribution in [-0.4, -0.2) is 5.97 Å². The van der Waals surface area contributed by atoms with Crippen molar-refractivity contribution < 1.29 is 13.9 Å². The molecule has 1 aromatic heterocycles. The maximum Gasteiger partial charge on any atom is 0.379 e. The Morgan fingerprint density at radius 1 is 1.17 bits per heavy atom. The molecule has 0 aliphatic carbocycles. The van der Waals surface area contributed by atoms with E-state index in [-0.39, 0.29) is 16.9 Å². The molecule has 0 N–H and O–H groups in total. The van der Waals surface area contributed by atoms with Crippen LogP contribution in [0.3, 0.4) is 0 Å². The summed E-state index contributed by atoms with van der Waals surface area (Å²) < 4.78 is 10.7. The summed E-state index contributed by atoms with van der Waals surface area (Å²) in [5.41, 5.74) is 1.28. The van der Waals surface area contributed by atoms with Crippen LogP contribution in [0.15, 0.2) is 57.7 Å². The van der Waals surface area contributed by atoms with Crippen molar-refractivity contribution >= 4 is 16.9 Å². The summed E-state index contributed by atoms with van der Waals surface area (Å²) >= 11 is 0. The minimum Gasteiger partial charge on any atom is -0.448 e. The lowest BCUT2D eigenvalue weighted by atomic mass is 10.1. The van der Waals surface area contributed by atoms with Crippen molar-refractivity contribution in [3.63, 3.8) is 0 Å². The number of carbonyl (C=O) groups is 1. The van der Waals surface area contributed by atoms with Crippen molar-refractivity contribution in [3.05, 3.63) is 75.6 Å². The van der Waals surface area contributed by atoms with E-state index in [1.807, 2.05) is 6.07 Å². The lowest BCUT2D eigenvalue weighted by Crippen LogP contribution is -2.12. The molecule has 112 valence electrons. The number of nitriles is 1. The van der Waals surface area contributed by atoms with Crippen LogP contribution in [0.25, 0.3) is 11.0 Å². The Bertz CT molecular complexity index is 994. The first kappa shape index (κ1) is 14.5. The van der Waals surface area contributed by atoms with Crippen LogP contribution < -0.4 is 10.2 Å². The number of fused-ring (bicyclic) bond motifs is 1. The molecule has 5 heteroatoms. The van der Waals surface area contributed by atoms with E-state index in [1.54, 1.807) is 25.1 Å². The molecular weight excluding hydrogens is 294 g/mol. The van der Waals surface area contributed by atoms with Crippen molar-refractivity contribution in [1.29, 1.82) is 5.26 Å². The summed E-state index contributed by atoms with van der Waals surface area (Å²) in [6.45, 7) is 1.79. The second-order valence-corrected chi connectivity index (χ2v) is 4.95. The molecule has 3 aromatic rings. The van der Waals surface area contributed by atoms with Crippen molar-refractivity contribution in [2.75, 3.05) is 0 Å². The number of aryl methyl sites for hydroxylation is 1. The summed E-state index contributed by atoms with van der Waals surface area (Å²) in [6, 6.07) is 14.3. The first-order valence-corrected chi connectivity index (χ1v) is 6.84. The normalized spacial score (nSPS) is 10.3. The number of hydrogen-bond donors (Lipinski definition) is 0. The fourth-order valence-corrected chi connectivity index (χ4v) is 2.17. The molecule has 0 saturated heterocycles. The van der Waals surface area contributed by atoms with E-state index in [0.29, 0.717) is 16.5 Å². The molecule has 0 fully saturated rings. The highest BCUT2D eigenvalue weighted by Crippen LogP contribution is 2.18. The van der Waals surface area contributed by atoms with Crippen molar-refractivity contribution in [3.8, 4) is 11.8 Å². The number of rotatable bonds is 2. The molecule has 0 aliphatic rings. The van der Waals surface area contributed by atoms with Crippen LogP contribution in [0.5, 0.6) is 5.75 Å². The fourth-order valence-electron chi connectivity index (χ4n) is 2.17. The molecule has 5 nitrogen and oxygen atoms in total. The molecule has 0 aliphatic heterocycles. The van der Waals surface area contributed by atoms with Gasteiger partial charge >= 0.3 is 5.97 Å². The number of para-hydroxylation sites is 1. The Labute approximate surface area is 131 Å². The van der Waals surface area contributed by atoms with Gasteiger partial charge in [0.15, 0.2) is 5.43 Å². The van der Waals surface area contributed by atoms with Crippen molar-refractivity contribution in [2.45, 2.75) is 6.92 Å². The Morgan fingerprint density at radius 2 is 1.91 bits per heavy atom. The van der Waals surface area contributed by atoms with Gasteiger partial charge in [0.1, 0.15) is 11.3 Å². The maximum absolute atomic E-state index is 12.2. The number of ether oxygens (including phenoxy) is 1. The lowest BCUT2D eigenvalue weighted by molar-refractivity contribution is 0.0702. The van der Waals surface area contributed by atoms with Gasteiger partial charge in [0.05, 0.1) is 17.0 Å². The molecule has 0 atom stereocenters. The highest BCUT2D eigenvalue weighted by Gasteiger charge is 2.15. The van der Waals surface area contributed by atoms with Gasteiger partial charge < -0.3 is 9.15 Å². The minimum atomic E-state index is -0.767. The molecule has 1 heterocycles. The molecule has 0 radical (unpaired) electrons. The minimum absolute atomic E-state index is 0.166. The average molecular weight is 305 g/mol. The third kappa shape index (κ3) is 2.83. The van der Waals surface area contributed by atoms with E-state index in [9.17, 15) is 9.59 Å². The molecule has 0 saturated carbocycles. The van der Waals surface area contributed by atoms with E-state index in [4.69, 9.17) is 14.4 Å². The van der Waals surface area contributed by atoms with Crippen LogP contribution in [0.4, 0.5) is 0 Å². The summed E-state index contributed by atoms with van der Waals surface area (Å²) in [4.78, 5) is 24.2. The Hall–Kier alpha value is -3.39. The van der Waals surface area contributed by atoms with Gasteiger partial charge in [-0.3, -0.25) is 4.79 Å². The van der Waals surface area contributed by atoms with Crippen LogP contribution >= 0.6 is 0 Å². The molecular formula is C18H11NO4. The van der Waals surface area contributed by atoms with Gasteiger partial charge in [-0.15, -0.1) is 0 Å². The monoisotopic (exact) mass is 305 g/mol. The van der Waals surface area contributed by atoms with Gasteiger partial charge in [-0.25, -0.2) is 4.79 Å². The number of benzene rings is 2. The molecule has 0 amide bonds. The summed E-state index contributed by atoms with van der Waals surface area (Å²) in [5, 5.41) is 9.15. The van der Waals surface area contributed by atoms with Crippen molar-refractivity contribution in [1.82, 2.24) is 0 Å². The third-order valence-electron chi connectivity index (χ3n) is 3.35. The first-order chi connectivity index (χ1) is 11.1. The zero-order valence-corrected chi connectivity index (χ0v) is 12.2. The SMILES string of the molecule is Cc1cccc2c(=O)cc(C(=O)Oc3ccc(C#N)cc3)oc12. The Balaban J connectivity index is 1.96. The number of hydrogen-bond acceptors (Lipinski definition) is 5. The van der Waals surface area contributed by atoms with Gasteiger partial charge in [0.25, 0.3) is 0 Å². The van der Waals surface area contributed by atoms with Gasteiger partial charge in [-0.2, -0.15) is 5.26 Å². The predicted molar refractivity (Wildman–Crippen MR) is 83.3 cm³/mol. The van der Waals surface area contributed by atoms with E-state index < -0.39 is 5.97 Å². The largest absolute Gasteiger partial charge is 0.448 e. The van der Waals surface area contributed by atoms with Crippen LogP contribution in [0.1, 0.15) is 21.7 Å². The van der Waals surface area contributed by atoms with E-state index >= 15 is 0 Å². The summed E-state index contributed by atoms with van der Waals surface area (Å²) in [5.74, 6) is -0.667. The van der Waals surface area contributed by atoms with Gasteiger partial charge in [-0.1, -0.05) is 12.1 Å². The Kier molecular flexibility index (Phi) is 3.65. The number of nitrogens with zero attached hydrogens (tertiary/aromatic N) is 1. The summed E-state index contributed by atoms with van der Waals surface area (Å²) in [7, 11) is 0. The molecule has 0 bridgehead atoms. The smallest absolute Gasteiger partial charge is 0.379 e. The fraction of sp³-hybridized carbons (Fsp3) is 0.0556. The Morgan fingerprint density at radius 3 is 2.61 bits per heavy atom. The first-order valence-electron chi connectivity index (χ1n) is 6.84. The molecule has 23 heavy (non-hydrogen) atoms. The molecule has 2 aromatic carbocycles. The van der Waals surface area contributed by atoms with Crippen molar-refractivity contribution in [2.24, 2.45) is 0 Å². The summed E-state index contributed by atoms with van der Waals surface area (Å²) in [6.07, 6.45) is 0.